The van der Waals surface area contributed by atoms with E-state index in [1.165, 1.54) is 6.07 Å². The third-order valence-electron chi connectivity index (χ3n) is 1.20. The molecule has 0 bridgehead atoms. The highest BCUT2D eigenvalue weighted by Gasteiger charge is 2.29. The molecule has 0 atom stereocenters. The van der Waals surface area contributed by atoms with Crippen LogP contribution in [0.5, 0.6) is 0 Å². The number of carbonyl (C=O) groups excluding carboxylic acids is 1. The van der Waals surface area contributed by atoms with Crippen molar-refractivity contribution in [1.29, 1.82) is 0 Å². The number of alkyl halides is 3. The quantitative estimate of drug-likeness (QED) is 0.639. The maximum atomic E-state index is 11.8. The van der Waals surface area contributed by atoms with Gasteiger partial charge in [-0.1, -0.05) is 0 Å². The largest absolute Gasteiger partial charge is 0.408 e. The molecule has 0 saturated carbocycles. The molecule has 0 aliphatic carbocycles. The van der Waals surface area contributed by atoms with E-state index in [9.17, 15) is 18.0 Å². The molecule has 6 heteroatoms. The minimum Gasteiger partial charge on any atom is -0.296 e. The fourth-order valence-corrected chi connectivity index (χ4v) is 0.745. The van der Waals surface area contributed by atoms with E-state index in [0.29, 0.717) is 11.0 Å². The van der Waals surface area contributed by atoms with Gasteiger partial charge in [0.05, 0.1) is 0 Å². The molecule has 0 aromatic carbocycles. The first-order valence-corrected chi connectivity index (χ1v) is 3.06. The number of carbonyl (C=O) groups is 1. The molecule has 0 spiro atoms. The predicted molar refractivity (Wildman–Crippen MR) is 33.7 cm³/mol. The van der Waals surface area contributed by atoms with Crippen molar-refractivity contribution in [2.45, 2.75) is 12.7 Å². The summed E-state index contributed by atoms with van der Waals surface area (Å²) in [5, 5.41) is 3.34. The molecule has 0 unspecified atom stereocenters. The van der Waals surface area contributed by atoms with Gasteiger partial charge in [0.1, 0.15) is 12.2 Å². The molecular weight excluding hydrogens is 173 g/mol. The van der Waals surface area contributed by atoms with Crippen molar-refractivity contribution in [2.75, 3.05) is 0 Å². The van der Waals surface area contributed by atoms with Crippen LogP contribution >= 0.6 is 0 Å². The van der Waals surface area contributed by atoms with Gasteiger partial charge in [-0.05, 0) is 6.07 Å². The number of aromatic nitrogens is 2. The van der Waals surface area contributed by atoms with Gasteiger partial charge in [-0.25, -0.2) is 0 Å². The predicted octanol–water partition coefficient (Wildman–Crippen LogP) is 1.26. The minimum atomic E-state index is -4.34. The smallest absolute Gasteiger partial charge is 0.296 e. The molecule has 0 amide bonds. The maximum absolute atomic E-state index is 11.8. The number of halogens is 3. The molecule has 0 fully saturated rings. The van der Waals surface area contributed by atoms with Gasteiger partial charge < -0.3 is 0 Å². The average Bonchev–Trinajstić information content (AvgIpc) is 2.31. The Hall–Kier alpha value is -1.33. The van der Waals surface area contributed by atoms with Crippen molar-refractivity contribution in [3.8, 4) is 0 Å². The maximum Gasteiger partial charge on any atom is 0.408 e. The number of aldehydes is 1. The first-order chi connectivity index (χ1) is 5.53. The summed E-state index contributed by atoms with van der Waals surface area (Å²) in [4.78, 5) is 10.1. The van der Waals surface area contributed by atoms with Gasteiger partial charge in [-0.2, -0.15) is 18.3 Å². The number of nitrogens with zero attached hydrogens (tertiary/aromatic N) is 2. The Bertz CT molecular complexity index is 279. The van der Waals surface area contributed by atoms with E-state index < -0.39 is 12.7 Å². The molecule has 0 saturated heterocycles. The number of hydrogen-bond donors (Lipinski definition) is 0. The topological polar surface area (TPSA) is 34.9 Å². The van der Waals surface area contributed by atoms with Crippen molar-refractivity contribution >= 4 is 6.29 Å². The van der Waals surface area contributed by atoms with Crippen LogP contribution in [0.3, 0.4) is 0 Å². The van der Waals surface area contributed by atoms with Gasteiger partial charge in [-0.3, -0.25) is 9.48 Å². The highest BCUT2D eigenvalue weighted by molar-refractivity contribution is 5.71. The Morgan fingerprint density at radius 1 is 1.58 bits per heavy atom. The Morgan fingerprint density at radius 3 is 2.75 bits per heavy atom. The van der Waals surface area contributed by atoms with E-state index in [4.69, 9.17) is 0 Å². The van der Waals surface area contributed by atoms with Crippen molar-refractivity contribution in [2.24, 2.45) is 0 Å². The van der Waals surface area contributed by atoms with Gasteiger partial charge in [0, 0.05) is 6.20 Å². The van der Waals surface area contributed by atoms with Crippen LogP contribution < -0.4 is 0 Å². The Balaban J connectivity index is 2.81. The summed E-state index contributed by atoms with van der Waals surface area (Å²) in [6, 6.07) is 1.22. The fraction of sp³-hybridized carbons (Fsp3) is 0.333. The summed E-state index contributed by atoms with van der Waals surface area (Å²) in [5.41, 5.74) is -0.0766. The Kier molecular flexibility index (Phi) is 2.16. The van der Waals surface area contributed by atoms with Crippen LogP contribution in [0.2, 0.25) is 0 Å². The van der Waals surface area contributed by atoms with E-state index in [-0.39, 0.29) is 5.69 Å². The van der Waals surface area contributed by atoms with E-state index >= 15 is 0 Å². The molecule has 0 aliphatic rings. The number of rotatable bonds is 2. The van der Waals surface area contributed by atoms with E-state index in [2.05, 4.69) is 5.10 Å². The second-order valence-corrected chi connectivity index (χ2v) is 2.15. The van der Waals surface area contributed by atoms with Crippen LogP contribution in [-0.2, 0) is 6.54 Å². The molecule has 0 aliphatic heterocycles. The lowest BCUT2D eigenvalue weighted by molar-refractivity contribution is -0.142. The molecule has 0 N–H and O–H groups in total. The van der Waals surface area contributed by atoms with Gasteiger partial charge in [0.25, 0.3) is 0 Å². The Labute approximate surface area is 65.8 Å². The lowest BCUT2D eigenvalue weighted by Gasteiger charge is -2.06. The highest BCUT2D eigenvalue weighted by atomic mass is 19.4. The zero-order valence-corrected chi connectivity index (χ0v) is 5.88. The molecule has 3 nitrogen and oxygen atoms in total. The lowest BCUT2D eigenvalue weighted by Crippen LogP contribution is -2.20. The molecular formula is C6H5F3N2O. The molecule has 12 heavy (non-hydrogen) atoms. The van der Waals surface area contributed by atoms with Crippen LogP contribution in [-0.4, -0.2) is 22.2 Å². The summed E-state index contributed by atoms with van der Waals surface area (Å²) in [6.07, 6.45) is -2.86. The molecule has 0 radical (unpaired) electrons. The first kappa shape index (κ1) is 8.76. The average molecular weight is 178 g/mol. The highest BCUT2D eigenvalue weighted by Crippen LogP contribution is 2.17. The summed E-state index contributed by atoms with van der Waals surface area (Å²) >= 11 is 0. The zero-order valence-electron chi connectivity index (χ0n) is 5.88. The van der Waals surface area contributed by atoms with Crippen LogP contribution in [0.1, 0.15) is 10.5 Å². The van der Waals surface area contributed by atoms with E-state index in [1.807, 2.05) is 0 Å². The molecule has 1 heterocycles. The monoisotopic (exact) mass is 178 g/mol. The summed E-state index contributed by atoms with van der Waals surface area (Å²) < 4.78 is 35.9. The van der Waals surface area contributed by atoms with Crippen molar-refractivity contribution in [3.63, 3.8) is 0 Å². The summed E-state index contributed by atoms with van der Waals surface area (Å²) in [6.45, 7) is -1.23. The number of hydrogen-bond acceptors (Lipinski definition) is 2. The lowest BCUT2D eigenvalue weighted by atomic mass is 10.4. The molecule has 66 valence electrons. The summed E-state index contributed by atoms with van der Waals surface area (Å²) in [7, 11) is 0. The normalized spacial score (nSPS) is 11.6. The fourth-order valence-electron chi connectivity index (χ4n) is 0.745. The zero-order chi connectivity index (χ0) is 9.19. The van der Waals surface area contributed by atoms with Crippen molar-refractivity contribution < 1.29 is 18.0 Å². The second-order valence-electron chi connectivity index (χ2n) is 2.15. The summed E-state index contributed by atoms with van der Waals surface area (Å²) in [5.74, 6) is 0. The minimum absolute atomic E-state index is 0.0766. The van der Waals surface area contributed by atoms with Gasteiger partial charge in [-0.15, -0.1) is 0 Å². The third kappa shape index (κ3) is 2.08. The van der Waals surface area contributed by atoms with E-state index in [1.54, 1.807) is 0 Å². The van der Waals surface area contributed by atoms with Crippen molar-refractivity contribution in [3.05, 3.63) is 18.0 Å². The third-order valence-corrected chi connectivity index (χ3v) is 1.20. The Morgan fingerprint density at radius 2 is 2.25 bits per heavy atom. The van der Waals surface area contributed by atoms with Gasteiger partial charge in [0.2, 0.25) is 0 Å². The van der Waals surface area contributed by atoms with E-state index in [0.717, 1.165) is 6.20 Å². The molecule has 1 aromatic heterocycles. The molecule has 1 aromatic rings. The first-order valence-electron chi connectivity index (χ1n) is 3.06. The SMILES string of the molecule is O=Cc1ccnn1CC(F)(F)F. The van der Waals surface area contributed by atoms with Crippen LogP contribution in [0.25, 0.3) is 0 Å². The second kappa shape index (κ2) is 2.96. The molecule has 1 rings (SSSR count). The van der Waals surface area contributed by atoms with Gasteiger partial charge in [0.15, 0.2) is 6.29 Å². The van der Waals surface area contributed by atoms with Gasteiger partial charge >= 0.3 is 6.18 Å². The van der Waals surface area contributed by atoms with Crippen molar-refractivity contribution in [1.82, 2.24) is 9.78 Å². The van der Waals surface area contributed by atoms with Crippen LogP contribution in [0, 0.1) is 0 Å². The van der Waals surface area contributed by atoms with Crippen LogP contribution in [0.4, 0.5) is 13.2 Å². The standard InChI is InChI=1S/C6H5F3N2O/c7-6(8,9)4-11-5(3-12)1-2-10-11/h1-3H,4H2. The van der Waals surface area contributed by atoms with Crippen LogP contribution in [0.15, 0.2) is 12.3 Å².